The van der Waals surface area contributed by atoms with Crippen molar-refractivity contribution in [2.24, 2.45) is 7.05 Å². The minimum absolute atomic E-state index is 0.154. The average Bonchev–Trinajstić information content (AvgIpc) is 3.39. The molecule has 160 valence electrons. The fourth-order valence-corrected chi connectivity index (χ4v) is 4.28. The normalized spacial score (nSPS) is 18.9. The Hall–Kier alpha value is -3.49. The van der Waals surface area contributed by atoms with Gasteiger partial charge in [-0.25, -0.2) is 9.97 Å². The molecule has 4 heterocycles. The van der Waals surface area contributed by atoms with Gasteiger partial charge in [0.25, 0.3) is 0 Å². The van der Waals surface area contributed by atoms with Crippen molar-refractivity contribution in [3.05, 3.63) is 42.7 Å². The molecule has 4 aromatic rings. The number of hydrogen-bond acceptors (Lipinski definition) is 7. The van der Waals surface area contributed by atoms with Crippen LogP contribution in [0.15, 0.2) is 37.1 Å². The van der Waals surface area contributed by atoms with Crippen molar-refractivity contribution in [3.63, 3.8) is 0 Å². The van der Waals surface area contributed by atoms with Crippen LogP contribution < -0.4 is 10.1 Å². The zero-order valence-corrected chi connectivity index (χ0v) is 18.0. The summed E-state index contributed by atoms with van der Waals surface area (Å²) in [6.07, 6.45) is 13.2. The van der Waals surface area contributed by atoms with E-state index in [2.05, 4.69) is 36.1 Å². The summed E-state index contributed by atoms with van der Waals surface area (Å²) in [7, 11) is 3.80. The molecule has 5 rings (SSSR count). The van der Waals surface area contributed by atoms with Crippen LogP contribution in [0.2, 0.25) is 0 Å². The molecule has 1 aliphatic carbocycles. The first kappa shape index (κ1) is 19.5. The van der Waals surface area contributed by atoms with Gasteiger partial charge in [0.2, 0.25) is 5.88 Å². The molecule has 0 radical (unpaired) electrons. The number of nitrogens with one attached hydrogen (secondary N) is 1. The maximum atomic E-state index is 6.14. The molecule has 1 fully saturated rings. The zero-order valence-electron chi connectivity index (χ0n) is 18.0. The number of pyridine rings is 1. The molecule has 0 aliphatic heterocycles. The molecule has 1 saturated carbocycles. The van der Waals surface area contributed by atoms with E-state index in [1.54, 1.807) is 17.1 Å². The summed E-state index contributed by atoms with van der Waals surface area (Å²) in [5.41, 5.74) is 3.84. The number of aryl methyl sites for hydroxylation is 2. The van der Waals surface area contributed by atoms with Crippen molar-refractivity contribution in [1.82, 2.24) is 34.5 Å². The van der Waals surface area contributed by atoms with Gasteiger partial charge in [-0.2, -0.15) is 10.2 Å². The fourth-order valence-electron chi connectivity index (χ4n) is 4.28. The number of ether oxygens (including phenoxy) is 1. The van der Waals surface area contributed by atoms with Crippen molar-refractivity contribution in [2.75, 3.05) is 12.4 Å². The molecule has 0 unspecified atom stereocenters. The van der Waals surface area contributed by atoms with E-state index in [0.717, 1.165) is 59.4 Å². The van der Waals surface area contributed by atoms with Gasteiger partial charge in [0.05, 0.1) is 23.4 Å². The lowest BCUT2D eigenvalue weighted by molar-refractivity contribution is 0.124. The third-order valence-corrected chi connectivity index (χ3v) is 5.93. The molecule has 0 spiro atoms. The Kier molecular flexibility index (Phi) is 5.01. The molecular formula is C22H26N8O. The van der Waals surface area contributed by atoms with Crippen LogP contribution in [0.5, 0.6) is 5.88 Å². The van der Waals surface area contributed by atoms with Gasteiger partial charge in [-0.05, 0) is 32.6 Å². The first-order valence-corrected chi connectivity index (χ1v) is 10.6. The summed E-state index contributed by atoms with van der Waals surface area (Å²) in [5, 5.41) is 13.5. The summed E-state index contributed by atoms with van der Waals surface area (Å²) >= 11 is 0. The smallest absolute Gasteiger partial charge is 0.235 e. The second-order valence-electron chi connectivity index (χ2n) is 8.03. The molecule has 31 heavy (non-hydrogen) atoms. The van der Waals surface area contributed by atoms with Gasteiger partial charge in [0.15, 0.2) is 0 Å². The molecule has 0 bridgehead atoms. The topological polar surface area (TPSA) is 95.6 Å². The summed E-state index contributed by atoms with van der Waals surface area (Å²) in [6.45, 7) is 1.93. The molecule has 0 aromatic carbocycles. The van der Waals surface area contributed by atoms with Crippen LogP contribution >= 0.6 is 0 Å². The molecule has 0 saturated heterocycles. The lowest BCUT2D eigenvalue weighted by atomic mass is 9.93. The molecular weight excluding hydrogens is 392 g/mol. The quantitative estimate of drug-likeness (QED) is 0.530. The first-order chi connectivity index (χ1) is 15.1. The average molecular weight is 419 g/mol. The Labute approximate surface area is 180 Å². The van der Waals surface area contributed by atoms with E-state index in [9.17, 15) is 0 Å². The number of aromatic nitrogens is 7. The highest BCUT2D eigenvalue weighted by Gasteiger charge is 2.27. The Bertz CT molecular complexity index is 1210. The summed E-state index contributed by atoms with van der Waals surface area (Å²) in [4.78, 5) is 13.1. The lowest BCUT2D eigenvalue weighted by Gasteiger charge is -2.29. The van der Waals surface area contributed by atoms with Gasteiger partial charge in [0, 0.05) is 55.9 Å². The summed E-state index contributed by atoms with van der Waals surface area (Å²) in [6, 6.07) is 2.39. The molecule has 0 atom stereocenters. The Balaban J connectivity index is 1.42. The third-order valence-electron chi connectivity index (χ3n) is 5.93. The number of hydrogen-bond donors (Lipinski definition) is 1. The van der Waals surface area contributed by atoms with Gasteiger partial charge in [-0.3, -0.25) is 14.3 Å². The number of anilines is 1. The van der Waals surface area contributed by atoms with E-state index >= 15 is 0 Å². The first-order valence-electron chi connectivity index (χ1n) is 10.6. The highest BCUT2D eigenvalue weighted by Crippen LogP contribution is 2.36. The number of rotatable bonds is 5. The van der Waals surface area contributed by atoms with E-state index in [1.807, 2.05) is 39.6 Å². The van der Waals surface area contributed by atoms with E-state index < -0.39 is 0 Å². The van der Waals surface area contributed by atoms with E-state index in [0.29, 0.717) is 11.9 Å². The van der Waals surface area contributed by atoms with Crippen molar-refractivity contribution < 1.29 is 4.74 Å². The second-order valence-corrected chi connectivity index (χ2v) is 8.03. The Morgan fingerprint density at radius 1 is 1.06 bits per heavy atom. The van der Waals surface area contributed by atoms with Crippen LogP contribution in [0.25, 0.3) is 22.2 Å². The molecule has 1 aliphatic rings. The second kappa shape index (κ2) is 7.98. The standard InChI is InChI=1S/C22H26N8O/c1-14-22(25-9-8-24-14)31-17-6-4-16(5-7-17)30-19-10-20(23-2)26-12-18(19)21(28-30)15-11-27-29(3)13-15/h8-13,16-17H,4-7H2,1-3H3,(H,23,26). The molecule has 4 aromatic heterocycles. The largest absolute Gasteiger partial charge is 0.473 e. The van der Waals surface area contributed by atoms with Crippen molar-refractivity contribution in [2.45, 2.75) is 44.8 Å². The van der Waals surface area contributed by atoms with E-state index in [-0.39, 0.29) is 6.10 Å². The summed E-state index contributed by atoms with van der Waals surface area (Å²) in [5.74, 6) is 1.47. The monoisotopic (exact) mass is 418 g/mol. The molecule has 1 N–H and O–H groups in total. The minimum Gasteiger partial charge on any atom is -0.473 e. The van der Waals surface area contributed by atoms with Gasteiger partial charge in [-0.1, -0.05) is 0 Å². The molecule has 0 amide bonds. The number of fused-ring (bicyclic) bond motifs is 1. The minimum atomic E-state index is 0.154. The van der Waals surface area contributed by atoms with Gasteiger partial charge in [0.1, 0.15) is 17.6 Å². The fraction of sp³-hybridized carbons (Fsp3) is 0.409. The van der Waals surface area contributed by atoms with E-state index in [4.69, 9.17) is 9.84 Å². The van der Waals surface area contributed by atoms with E-state index in [1.165, 1.54) is 0 Å². The highest BCUT2D eigenvalue weighted by atomic mass is 16.5. The molecule has 9 heteroatoms. The SMILES string of the molecule is CNc1cc2c(cn1)c(-c1cnn(C)c1)nn2C1CCC(Oc2nccnc2C)CC1. The Morgan fingerprint density at radius 2 is 1.87 bits per heavy atom. The van der Waals surface area contributed by atoms with Crippen LogP contribution in [-0.2, 0) is 7.05 Å². The lowest BCUT2D eigenvalue weighted by Crippen LogP contribution is -2.26. The van der Waals surface area contributed by atoms with Crippen LogP contribution in [0.4, 0.5) is 5.82 Å². The van der Waals surface area contributed by atoms with Gasteiger partial charge in [-0.15, -0.1) is 0 Å². The van der Waals surface area contributed by atoms with Crippen LogP contribution in [0.3, 0.4) is 0 Å². The maximum absolute atomic E-state index is 6.14. The Morgan fingerprint density at radius 3 is 2.58 bits per heavy atom. The van der Waals surface area contributed by atoms with Crippen molar-refractivity contribution in [3.8, 4) is 17.1 Å². The zero-order chi connectivity index (χ0) is 21.4. The van der Waals surface area contributed by atoms with Crippen LogP contribution in [-0.4, -0.2) is 47.7 Å². The van der Waals surface area contributed by atoms with Crippen LogP contribution in [0, 0.1) is 6.92 Å². The predicted octanol–water partition coefficient (Wildman–Crippen LogP) is 3.53. The van der Waals surface area contributed by atoms with Gasteiger partial charge < -0.3 is 10.1 Å². The van der Waals surface area contributed by atoms with Gasteiger partial charge >= 0.3 is 0 Å². The summed E-state index contributed by atoms with van der Waals surface area (Å²) < 4.78 is 10.1. The van der Waals surface area contributed by atoms with Crippen molar-refractivity contribution in [1.29, 1.82) is 0 Å². The van der Waals surface area contributed by atoms with Crippen molar-refractivity contribution >= 4 is 16.7 Å². The predicted molar refractivity (Wildman–Crippen MR) is 118 cm³/mol. The highest BCUT2D eigenvalue weighted by molar-refractivity contribution is 5.93. The third kappa shape index (κ3) is 3.71. The van der Waals surface area contributed by atoms with Crippen LogP contribution in [0.1, 0.15) is 37.4 Å². The maximum Gasteiger partial charge on any atom is 0.235 e. The molecule has 9 nitrogen and oxygen atoms in total. The number of nitrogens with zero attached hydrogens (tertiary/aromatic N) is 7.